The van der Waals surface area contributed by atoms with Gasteiger partial charge < -0.3 is 28.5 Å². The van der Waals surface area contributed by atoms with Gasteiger partial charge in [-0.15, -0.1) is 0 Å². The van der Waals surface area contributed by atoms with Crippen LogP contribution in [0.15, 0.2) is 23.0 Å². The minimum absolute atomic E-state index is 0.182. The molecule has 1 aromatic rings. The van der Waals surface area contributed by atoms with Gasteiger partial charge in [0, 0.05) is 24.3 Å². The predicted molar refractivity (Wildman–Crippen MR) is 106 cm³/mol. The Morgan fingerprint density at radius 3 is 2.55 bits per heavy atom. The Bertz CT molecular complexity index is 1020. The Morgan fingerprint density at radius 1 is 1.15 bits per heavy atom. The number of esters is 4. The summed E-state index contributed by atoms with van der Waals surface area (Å²) < 4.78 is 26.9. The van der Waals surface area contributed by atoms with Gasteiger partial charge in [-0.3, -0.25) is 14.4 Å². The van der Waals surface area contributed by atoms with Crippen molar-refractivity contribution in [2.75, 3.05) is 7.11 Å². The fourth-order valence-corrected chi connectivity index (χ4v) is 6.91. The van der Waals surface area contributed by atoms with Crippen LogP contribution < -0.4 is 0 Å². The number of carbonyl (C=O) groups excluding carboxylic acids is 4. The summed E-state index contributed by atoms with van der Waals surface area (Å²) in [7, 11) is 1.23. The van der Waals surface area contributed by atoms with Crippen molar-refractivity contribution < 1.29 is 47.6 Å². The van der Waals surface area contributed by atoms with E-state index >= 15 is 0 Å². The van der Waals surface area contributed by atoms with Gasteiger partial charge in [0.2, 0.25) is 0 Å². The molecule has 2 bridgehead atoms. The molecule has 2 aliphatic carbocycles. The molecule has 0 unspecified atom stereocenters. The van der Waals surface area contributed by atoms with Gasteiger partial charge in [-0.25, -0.2) is 4.79 Å². The van der Waals surface area contributed by atoms with E-state index in [1.165, 1.54) is 26.6 Å². The fourth-order valence-electron chi connectivity index (χ4n) is 6.91. The Labute approximate surface area is 189 Å². The number of aliphatic hydroxyl groups is 1. The summed E-state index contributed by atoms with van der Waals surface area (Å²) in [5, 5.41) is 11.8. The smallest absolute Gasteiger partial charge is 0.339 e. The van der Waals surface area contributed by atoms with Gasteiger partial charge in [-0.1, -0.05) is 6.92 Å². The Morgan fingerprint density at radius 2 is 1.91 bits per heavy atom. The summed E-state index contributed by atoms with van der Waals surface area (Å²) in [6, 6.07) is 1.67. The molecule has 0 amide bonds. The van der Waals surface area contributed by atoms with E-state index in [1.54, 1.807) is 13.0 Å². The molecule has 1 spiro atoms. The first-order valence-electron chi connectivity index (χ1n) is 11.0. The Balaban J connectivity index is 1.69. The lowest BCUT2D eigenvalue weighted by Crippen LogP contribution is -2.78. The van der Waals surface area contributed by atoms with E-state index in [-0.39, 0.29) is 12.8 Å². The zero-order valence-corrected chi connectivity index (χ0v) is 18.6. The van der Waals surface area contributed by atoms with Crippen LogP contribution >= 0.6 is 0 Å². The summed E-state index contributed by atoms with van der Waals surface area (Å²) >= 11 is 0. The molecule has 5 fully saturated rings. The van der Waals surface area contributed by atoms with Crippen molar-refractivity contribution in [3.8, 4) is 0 Å². The van der Waals surface area contributed by atoms with Gasteiger partial charge in [-0.2, -0.15) is 0 Å². The third kappa shape index (κ3) is 2.70. The highest BCUT2D eigenvalue weighted by molar-refractivity contribution is 5.91. The first kappa shape index (κ1) is 21.9. The second-order valence-corrected chi connectivity index (χ2v) is 9.79. The molecule has 8 atom stereocenters. The maximum Gasteiger partial charge on any atom is 0.339 e. The van der Waals surface area contributed by atoms with Crippen LogP contribution in [-0.4, -0.2) is 53.9 Å². The number of carbonyl (C=O) groups is 4. The van der Waals surface area contributed by atoms with E-state index in [9.17, 15) is 24.3 Å². The van der Waals surface area contributed by atoms with E-state index in [2.05, 4.69) is 0 Å². The number of hydrogen-bond acceptors (Lipinski definition) is 10. The lowest BCUT2D eigenvalue weighted by molar-refractivity contribution is -0.304. The highest BCUT2D eigenvalue weighted by Crippen LogP contribution is 2.70. The molecule has 0 radical (unpaired) electrons. The quantitative estimate of drug-likeness (QED) is 0.519. The summed E-state index contributed by atoms with van der Waals surface area (Å²) in [5.41, 5.74) is -4.20. The minimum Gasteiger partial charge on any atom is -0.472 e. The molecule has 1 N–H and O–H groups in total. The highest BCUT2D eigenvalue weighted by Gasteiger charge is 2.80. The first-order chi connectivity index (χ1) is 15.6. The maximum atomic E-state index is 13.5. The van der Waals surface area contributed by atoms with E-state index in [4.69, 9.17) is 23.4 Å². The Hall–Kier alpha value is -2.88. The molecule has 1 aromatic heterocycles. The molecular weight excluding hydrogens is 436 g/mol. The highest BCUT2D eigenvalue weighted by atomic mass is 16.6. The molecule has 2 saturated carbocycles. The van der Waals surface area contributed by atoms with E-state index in [1.807, 2.05) is 0 Å². The van der Waals surface area contributed by atoms with Crippen LogP contribution in [0.25, 0.3) is 0 Å². The molecule has 10 heteroatoms. The van der Waals surface area contributed by atoms with Crippen LogP contribution in [0.3, 0.4) is 0 Å². The van der Waals surface area contributed by atoms with E-state index in [0.29, 0.717) is 12.0 Å². The zero-order chi connectivity index (χ0) is 23.8. The van der Waals surface area contributed by atoms with Gasteiger partial charge in [-0.05, 0) is 31.2 Å². The summed E-state index contributed by atoms with van der Waals surface area (Å²) in [5.74, 6) is -4.50. The SMILES string of the molecule is COC(=O)[C@H]1C[C@H]2C[C@@H]3[C@@]1(C(=O)O2)[C@H](OC(C)=O)C[C@@]1(O)C(=O)O[C@H](c2ccoc2)C[C@@]31C. The molecule has 3 saturated heterocycles. The summed E-state index contributed by atoms with van der Waals surface area (Å²) in [4.78, 5) is 51.7. The van der Waals surface area contributed by atoms with Crippen molar-refractivity contribution in [1.82, 2.24) is 0 Å². The molecule has 33 heavy (non-hydrogen) atoms. The van der Waals surface area contributed by atoms with Gasteiger partial charge in [0.1, 0.15) is 23.7 Å². The third-order valence-electron chi connectivity index (χ3n) is 8.41. The normalized spacial score (nSPS) is 43.6. The van der Waals surface area contributed by atoms with Crippen molar-refractivity contribution in [2.24, 2.45) is 22.7 Å². The standard InChI is InChI=1S/C23H26O10/c1-11(24)31-17-9-22(28)19(26)33-15(12-4-5-30-10-12)8-21(22,2)16-7-13-6-14(18(25)29-3)23(16,17)20(27)32-13/h4-5,10,13-17,28H,6-9H2,1-3H3/t13-,14+,15-,16-,17+,21-,22+,23+/m0/s1. The van der Waals surface area contributed by atoms with Crippen molar-refractivity contribution >= 4 is 23.9 Å². The average Bonchev–Trinajstić information content (AvgIpc) is 3.30. The number of rotatable bonds is 3. The second kappa shape index (κ2) is 7.06. The average molecular weight is 462 g/mol. The molecule has 0 aromatic carbocycles. The number of furan rings is 1. The van der Waals surface area contributed by atoms with Crippen molar-refractivity contribution in [3.05, 3.63) is 24.2 Å². The monoisotopic (exact) mass is 462 g/mol. The summed E-state index contributed by atoms with van der Waals surface area (Å²) in [6.07, 6.45) is 0.661. The molecule has 3 aliphatic heterocycles. The van der Waals surface area contributed by atoms with Gasteiger partial charge in [0.05, 0.1) is 25.6 Å². The van der Waals surface area contributed by atoms with Crippen LogP contribution in [0.4, 0.5) is 0 Å². The molecule has 178 valence electrons. The first-order valence-corrected chi connectivity index (χ1v) is 11.0. The zero-order valence-electron chi connectivity index (χ0n) is 18.6. The molecular formula is C23H26O10. The number of fused-ring (bicyclic) bond motifs is 3. The molecule has 6 rings (SSSR count). The van der Waals surface area contributed by atoms with E-state index < -0.39 is 76.9 Å². The number of ether oxygens (including phenoxy) is 4. The molecule has 10 nitrogen and oxygen atoms in total. The molecule has 4 heterocycles. The van der Waals surface area contributed by atoms with Gasteiger partial charge >= 0.3 is 23.9 Å². The minimum atomic E-state index is -2.04. The van der Waals surface area contributed by atoms with Crippen LogP contribution in [0.5, 0.6) is 0 Å². The Kier molecular flexibility index (Phi) is 4.69. The predicted octanol–water partition coefficient (Wildman–Crippen LogP) is 1.45. The summed E-state index contributed by atoms with van der Waals surface area (Å²) in [6.45, 7) is 2.91. The third-order valence-corrected chi connectivity index (χ3v) is 8.41. The van der Waals surface area contributed by atoms with E-state index in [0.717, 1.165) is 0 Å². The number of cyclic esters (lactones) is 1. The van der Waals surface area contributed by atoms with Crippen LogP contribution in [0.1, 0.15) is 51.2 Å². The molecule has 5 aliphatic rings. The number of hydrogen-bond donors (Lipinski definition) is 1. The number of methoxy groups -OCH3 is 1. The van der Waals surface area contributed by atoms with Crippen molar-refractivity contribution in [2.45, 2.75) is 63.4 Å². The van der Waals surface area contributed by atoms with Crippen LogP contribution in [-0.2, 0) is 38.1 Å². The topological polar surface area (TPSA) is 139 Å². The van der Waals surface area contributed by atoms with Gasteiger partial charge in [0.15, 0.2) is 5.60 Å². The fraction of sp³-hybridized carbons (Fsp3) is 0.652. The second-order valence-electron chi connectivity index (χ2n) is 9.79. The van der Waals surface area contributed by atoms with Crippen LogP contribution in [0.2, 0.25) is 0 Å². The maximum absolute atomic E-state index is 13.5. The van der Waals surface area contributed by atoms with Crippen molar-refractivity contribution in [1.29, 1.82) is 0 Å². The lowest BCUT2D eigenvalue weighted by Gasteiger charge is -2.67. The lowest BCUT2D eigenvalue weighted by atomic mass is 9.39. The van der Waals surface area contributed by atoms with Gasteiger partial charge in [0.25, 0.3) is 0 Å². The van der Waals surface area contributed by atoms with Crippen LogP contribution in [0, 0.1) is 22.7 Å². The van der Waals surface area contributed by atoms with Crippen molar-refractivity contribution in [3.63, 3.8) is 0 Å². The largest absolute Gasteiger partial charge is 0.472 e.